The summed E-state index contributed by atoms with van der Waals surface area (Å²) < 4.78 is 5.35. The quantitative estimate of drug-likeness (QED) is 0.530. The number of hydrogen-bond donors (Lipinski definition) is 1. The van der Waals surface area contributed by atoms with Crippen LogP contribution in [0, 0.1) is 18.8 Å². The minimum Gasteiger partial charge on any atom is -0.497 e. The number of hydrogen-bond acceptors (Lipinski definition) is 5. The Morgan fingerprint density at radius 2 is 1.91 bits per heavy atom. The third-order valence-corrected chi connectivity index (χ3v) is 6.48. The van der Waals surface area contributed by atoms with Gasteiger partial charge in [-0.05, 0) is 43.0 Å². The number of aryl methyl sites for hydroxylation is 1. The van der Waals surface area contributed by atoms with E-state index in [1.165, 1.54) is 4.80 Å². The molecule has 5 rings (SSSR count). The van der Waals surface area contributed by atoms with E-state index in [0.29, 0.717) is 23.7 Å². The molecular formula is C24H26N6O2. The van der Waals surface area contributed by atoms with Crippen molar-refractivity contribution in [3.05, 3.63) is 65.7 Å². The number of nitrogens with one attached hydrogen (secondary N) is 1. The van der Waals surface area contributed by atoms with Gasteiger partial charge in [0.05, 0.1) is 47.8 Å². The molecule has 0 saturated carbocycles. The number of likely N-dealkylation sites (tertiary alicyclic amines) is 1. The maximum absolute atomic E-state index is 13.9. The first-order chi connectivity index (χ1) is 15.5. The summed E-state index contributed by atoms with van der Waals surface area (Å²) in [5.41, 5.74) is 4.03. The molecule has 1 aliphatic rings. The number of aromatic amines is 1. The Kier molecular flexibility index (Phi) is 4.92. The van der Waals surface area contributed by atoms with Crippen LogP contribution in [0.25, 0.3) is 16.7 Å². The summed E-state index contributed by atoms with van der Waals surface area (Å²) in [6.07, 6.45) is 3.22. The number of carbonyl (C=O) groups is 1. The Bertz CT molecular complexity index is 1280. The third-order valence-electron chi connectivity index (χ3n) is 6.48. The Morgan fingerprint density at radius 3 is 2.66 bits per heavy atom. The van der Waals surface area contributed by atoms with Gasteiger partial charge in [0.15, 0.2) is 0 Å². The first-order valence-corrected chi connectivity index (χ1v) is 10.8. The number of methoxy groups -OCH3 is 1. The van der Waals surface area contributed by atoms with Crippen molar-refractivity contribution >= 4 is 16.9 Å². The molecule has 8 heteroatoms. The lowest BCUT2D eigenvalue weighted by molar-refractivity contribution is 0.0713. The standard InChI is InChI=1S/C24H26N6O2/c1-14-5-8-21(30-25-9-10-26-30)18(11-14)24(31)29-13-15(2)16(3)22(29)23-27-19-7-6-17(32-4)12-20(19)28-23/h5-12,15-16,22H,13H2,1-4H3,(H,27,28)/t15-,16?,22?/m0/s1. The molecule has 2 aromatic heterocycles. The first-order valence-electron chi connectivity index (χ1n) is 10.8. The van der Waals surface area contributed by atoms with Crippen molar-refractivity contribution < 1.29 is 9.53 Å². The third kappa shape index (κ3) is 3.32. The summed E-state index contributed by atoms with van der Waals surface area (Å²) >= 11 is 0. The van der Waals surface area contributed by atoms with Crippen molar-refractivity contribution in [3.8, 4) is 11.4 Å². The predicted molar refractivity (Wildman–Crippen MR) is 121 cm³/mol. The molecule has 1 saturated heterocycles. The zero-order valence-corrected chi connectivity index (χ0v) is 18.6. The van der Waals surface area contributed by atoms with Gasteiger partial charge < -0.3 is 14.6 Å². The van der Waals surface area contributed by atoms with Crippen LogP contribution in [-0.2, 0) is 0 Å². The lowest BCUT2D eigenvalue weighted by Gasteiger charge is -2.26. The smallest absolute Gasteiger partial charge is 0.256 e. The Morgan fingerprint density at radius 1 is 1.12 bits per heavy atom. The van der Waals surface area contributed by atoms with Crippen molar-refractivity contribution in [1.82, 2.24) is 29.9 Å². The number of amides is 1. The molecule has 3 heterocycles. The van der Waals surface area contributed by atoms with E-state index >= 15 is 0 Å². The molecule has 2 unspecified atom stereocenters. The van der Waals surface area contributed by atoms with Gasteiger partial charge >= 0.3 is 0 Å². The van der Waals surface area contributed by atoms with E-state index in [4.69, 9.17) is 9.72 Å². The number of aromatic nitrogens is 5. The van der Waals surface area contributed by atoms with Crippen molar-refractivity contribution in [2.45, 2.75) is 26.8 Å². The number of carbonyl (C=O) groups excluding carboxylic acids is 1. The highest BCUT2D eigenvalue weighted by molar-refractivity contribution is 5.98. The average Bonchev–Trinajstić information content (AvgIpc) is 3.52. The summed E-state index contributed by atoms with van der Waals surface area (Å²) in [4.78, 5) is 25.6. The van der Waals surface area contributed by atoms with E-state index in [0.717, 1.165) is 28.2 Å². The number of fused-ring (bicyclic) bond motifs is 1. The molecule has 1 fully saturated rings. The molecule has 1 amide bonds. The number of ether oxygens (including phenoxy) is 1. The van der Waals surface area contributed by atoms with Gasteiger partial charge in [-0.2, -0.15) is 15.0 Å². The SMILES string of the molecule is COc1ccc2nc(C3C(C)[C@@H](C)CN3C(=O)c3cc(C)ccc3-n3nccn3)[nH]c2c1. The molecule has 32 heavy (non-hydrogen) atoms. The lowest BCUT2D eigenvalue weighted by atomic mass is 9.93. The van der Waals surface area contributed by atoms with E-state index in [2.05, 4.69) is 29.0 Å². The predicted octanol–water partition coefficient (Wildman–Crippen LogP) is 3.93. The molecule has 3 atom stereocenters. The van der Waals surface area contributed by atoms with Crippen molar-refractivity contribution in [2.75, 3.05) is 13.7 Å². The zero-order valence-electron chi connectivity index (χ0n) is 18.6. The van der Waals surface area contributed by atoms with E-state index in [9.17, 15) is 4.79 Å². The van der Waals surface area contributed by atoms with Gasteiger partial charge in [0.1, 0.15) is 11.6 Å². The van der Waals surface area contributed by atoms with Gasteiger partial charge in [-0.15, -0.1) is 0 Å². The molecular weight excluding hydrogens is 404 g/mol. The number of H-pyrrole nitrogens is 1. The van der Waals surface area contributed by atoms with Gasteiger partial charge in [-0.25, -0.2) is 4.98 Å². The molecule has 164 valence electrons. The normalized spacial score (nSPS) is 20.8. The summed E-state index contributed by atoms with van der Waals surface area (Å²) in [6.45, 7) is 7.01. The fraction of sp³-hybridized carbons (Fsp3) is 0.333. The minimum absolute atomic E-state index is 0.0414. The number of benzene rings is 2. The first kappa shape index (κ1) is 20.2. The molecule has 0 aliphatic carbocycles. The molecule has 8 nitrogen and oxygen atoms in total. The molecule has 1 N–H and O–H groups in total. The number of nitrogens with zero attached hydrogens (tertiary/aromatic N) is 5. The zero-order chi connectivity index (χ0) is 22.4. The molecule has 0 radical (unpaired) electrons. The lowest BCUT2D eigenvalue weighted by Crippen LogP contribution is -2.33. The van der Waals surface area contributed by atoms with Crippen LogP contribution >= 0.6 is 0 Å². The Hall–Kier alpha value is -3.68. The van der Waals surface area contributed by atoms with E-state index in [-0.39, 0.29) is 17.9 Å². The highest BCUT2D eigenvalue weighted by Crippen LogP contribution is 2.41. The number of rotatable bonds is 4. The van der Waals surface area contributed by atoms with Gasteiger partial charge in [-0.3, -0.25) is 4.79 Å². The highest BCUT2D eigenvalue weighted by Gasteiger charge is 2.42. The summed E-state index contributed by atoms with van der Waals surface area (Å²) in [5.74, 6) is 2.11. The van der Waals surface area contributed by atoms with Crippen LogP contribution in [0.15, 0.2) is 48.8 Å². The van der Waals surface area contributed by atoms with E-state index < -0.39 is 0 Å². The second kappa shape index (κ2) is 7.78. The van der Waals surface area contributed by atoms with Crippen LogP contribution < -0.4 is 4.74 Å². The van der Waals surface area contributed by atoms with Gasteiger partial charge in [0.25, 0.3) is 5.91 Å². The van der Waals surface area contributed by atoms with E-state index in [1.807, 2.05) is 48.2 Å². The fourth-order valence-electron chi connectivity index (χ4n) is 4.56. The molecule has 2 aromatic carbocycles. The summed E-state index contributed by atoms with van der Waals surface area (Å²) in [5, 5.41) is 8.48. The van der Waals surface area contributed by atoms with Crippen LogP contribution in [0.5, 0.6) is 5.75 Å². The van der Waals surface area contributed by atoms with Crippen molar-refractivity contribution in [2.24, 2.45) is 11.8 Å². The summed E-state index contributed by atoms with van der Waals surface area (Å²) in [6, 6.07) is 11.4. The minimum atomic E-state index is -0.158. The number of imidazole rings is 1. The maximum atomic E-state index is 13.9. The fourth-order valence-corrected chi connectivity index (χ4v) is 4.56. The highest BCUT2D eigenvalue weighted by atomic mass is 16.5. The maximum Gasteiger partial charge on any atom is 0.256 e. The summed E-state index contributed by atoms with van der Waals surface area (Å²) in [7, 11) is 1.65. The largest absolute Gasteiger partial charge is 0.497 e. The second-order valence-electron chi connectivity index (χ2n) is 8.58. The van der Waals surface area contributed by atoms with Gasteiger partial charge in [-0.1, -0.05) is 25.5 Å². The van der Waals surface area contributed by atoms with Gasteiger partial charge in [0.2, 0.25) is 0 Å². The second-order valence-corrected chi connectivity index (χ2v) is 8.58. The topological polar surface area (TPSA) is 88.9 Å². The van der Waals surface area contributed by atoms with Crippen LogP contribution in [0.2, 0.25) is 0 Å². The molecule has 0 bridgehead atoms. The van der Waals surface area contributed by atoms with Crippen molar-refractivity contribution in [3.63, 3.8) is 0 Å². The molecule has 4 aromatic rings. The Balaban J connectivity index is 1.57. The van der Waals surface area contributed by atoms with Crippen LogP contribution in [0.3, 0.4) is 0 Å². The Labute approximate surface area is 186 Å². The van der Waals surface area contributed by atoms with E-state index in [1.54, 1.807) is 19.5 Å². The molecule has 1 aliphatic heterocycles. The average molecular weight is 431 g/mol. The van der Waals surface area contributed by atoms with Crippen LogP contribution in [0.4, 0.5) is 0 Å². The van der Waals surface area contributed by atoms with Crippen LogP contribution in [-0.4, -0.2) is 49.4 Å². The van der Waals surface area contributed by atoms with Crippen molar-refractivity contribution in [1.29, 1.82) is 0 Å². The van der Waals surface area contributed by atoms with Gasteiger partial charge in [0, 0.05) is 12.6 Å². The molecule has 0 spiro atoms. The van der Waals surface area contributed by atoms with Crippen LogP contribution in [0.1, 0.15) is 41.6 Å². The monoisotopic (exact) mass is 430 g/mol.